The van der Waals surface area contributed by atoms with Crippen molar-refractivity contribution in [2.45, 2.75) is 44.9 Å². The largest absolute Gasteiger partial charge is 0.493 e. The molecule has 5 nitrogen and oxygen atoms in total. The lowest BCUT2D eigenvalue weighted by molar-refractivity contribution is 0.138. The molecule has 1 aliphatic carbocycles. The summed E-state index contributed by atoms with van der Waals surface area (Å²) >= 11 is 0. The summed E-state index contributed by atoms with van der Waals surface area (Å²) in [5, 5.41) is 7.01. The van der Waals surface area contributed by atoms with Gasteiger partial charge < -0.3 is 20.1 Å². The van der Waals surface area contributed by atoms with E-state index in [1.54, 1.807) is 7.11 Å². The Morgan fingerprint density at radius 2 is 2.07 bits per heavy atom. The smallest absolute Gasteiger partial charge is 0.191 e. The van der Waals surface area contributed by atoms with Gasteiger partial charge in [-0.05, 0) is 48.3 Å². The van der Waals surface area contributed by atoms with E-state index in [0.717, 1.165) is 57.3 Å². The van der Waals surface area contributed by atoms with Crippen molar-refractivity contribution in [1.29, 1.82) is 0 Å². The topological polar surface area (TPSA) is 54.9 Å². The van der Waals surface area contributed by atoms with E-state index >= 15 is 0 Å². The predicted molar refractivity (Wildman–Crippen MR) is 122 cm³/mol. The number of hydrogen-bond acceptors (Lipinski definition) is 3. The van der Waals surface area contributed by atoms with Crippen LogP contribution in [0.4, 0.5) is 0 Å². The number of nitrogens with one attached hydrogen (secondary N) is 2. The normalized spacial score (nSPS) is 17.8. The van der Waals surface area contributed by atoms with Gasteiger partial charge in [-0.25, -0.2) is 0 Å². The molecule has 27 heavy (non-hydrogen) atoms. The highest BCUT2D eigenvalue weighted by molar-refractivity contribution is 14.0. The molecule has 0 atom stereocenters. The van der Waals surface area contributed by atoms with Crippen LogP contribution in [-0.2, 0) is 17.6 Å². The van der Waals surface area contributed by atoms with Gasteiger partial charge in [0.25, 0.3) is 0 Å². The third-order valence-electron chi connectivity index (χ3n) is 5.82. The van der Waals surface area contributed by atoms with Gasteiger partial charge in [-0.15, -0.1) is 24.0 Å². The van der Waals surface area contributed by atoms with E-state index in [-0.39, 0.29) is 24.0 Å². The molecule has 1 aliphatic heterocycles. The molecule has 6 heteroatoms. The van der Waals surface area contributed by atoms with Crippen molar-refractivity contribution in [1.82, 2.24) is 10.6 Å². The van der Waals surface area contributed by atoms with Gasteiger partial charge in [-0.2, -0.15) is 0 Å². The first-order valence-corrected chi connectivity index (χ1v) is 9.93. The number of ether oxygens (including phenoxy) is 2. The summed E-state index contributed by atoms with van der Waals surface area (Å²) in [5.74, 6) is 1.95. The van der Waals surface area contributed by atoms with Crippen LogP contribution in [0.2, 0.25) is 0 Å². The molecule has 1 fully saturated rings. The number of guanidine groups is 1. The molecule has 1 aromatic carbocycles. The van der Waals surface area contributed by atoms with E-state index in [9.17, 15) is 0 Å². The van der Waals surface area contributed by atoms with Gasteiger partial charge in [0.15, 0.2) is 5.96 Å². The molecule has 152 valence electrons. The Labute approximate surface area is 180 Å². The number of hydrogen-bond donors (Lipinski definition) is 2. The van der Waals surface area contributed by atoms with Crippen LogP contribution in [-0.4, -0.2) is 46.4 Å². The van der Waals surface area contributed by atoms with E-state index in [0.29, 0.717) is 5.41 Å². The summed E-state index contributed by atoms with van der Waals surface area (Å²) < 4.78 is 10.9. The molecular weight excluding hydrogens is 453 g/mol. The number of halogens is 1. The second kappa shape index (κ2) is 11.1. The molecule has 0 aromatic heterocycles. The minimum Gasteiger partial charge on any atom is -0.493 e. The van der Waals surface area contributed by atoms with Crippen LogP contribution >= 0.6 is 24.0 Å². The van der Waals surface area contributed by atoms with Crippen LogP contribution < -0.4 is 15.4 Å². The first-order chi connectivity index (χ1) is 12.7. The second-order valence-corrected chi connectivity index (χ2v) is 7.59. The highest BCUT2D eigenvalue weighted by Gasteiger charge is 2.33. The van der Waals surface area contributed by atoms with E-state index in [4.69, 9.17) is 9.47 Å². The fourth-order valence-electron chi connectivity index (χ4n) is 4.17. The zero-order valence-corrected chi connectivity index (χ0v) is 19.0. The first kappa shape index (κ1) is 22.3. The Morgan fingerprint density at radius 1 is 1.26 bits per heavy atom. The van der Waals surface area contributed by atoms with Crippen LogP contribution in [0.3, 0.4) is 0 Å². The molecule has 0 spiro atoms. The van der Waals surface area contributed by atoms with Crippen LogP contribution in [0.15, 0.2) is 23.2 Å². The Morgan fingerprint density at radius 3 is 2.81 bits per heavy atom. The minimum absolute atomic E-state index is 0. The summed E-state index contributed by atoms with van der Waals surface area (Å²) in [7, 11) is 3.64. The summed E-state index contributed by atoms with van der Waals surface area (Å²) in [5.41, 5.74) is 3.06. The van der Waals surface area contributed by atoms with Gasteiger partial charge in [0.1, 0.15) is 5.75 Å². The summed E-state index contributed by atoms with van der Waals surface area (Å²) in [4.78, 5) is 4.39. The fraction of sp³-hybridized carbons (Fsp3) is 0.667. The van der Waals surface area contributed by atoms with Crippen molar-refractivity contribution in [3.8, 4) is 5.75 Å². The maximum absolute atomic E-state index is 5.58. The lowest BCUT2D eigenvalue weighted by atomic mass is 9.83. The van der Waals surface area contributed by atoms with Crippen molar-refractivity contribution in [3.63, 3.8) is 0 Å². The molecule has 0 bridgehead atoms. The minimum atomic E-state index is 0. The van der Waals surface area contributed by atoms with Gasteiger partial charge in [-0.3, -0.25) is 4.99 Å². The van der Waals surface area contributed by atoms with E-state index in [2.05, 4.69) is 33.8 Å². The van der Waals surface area contributed by atoms with Gasteiger partial charge in [0.2, 0.25) is 0 Å². The Bertz CT molecular complexity index is 615. The molecule has 1 heterocycles. The molecule has 1 aromatic rings. The predicted octanol–water partition coefficient (Wildman–Crippen LogP) is 3.54. The number of aliphatic imine (C=N–C) groups is 1. The van der Waals surface area contributed by atoms with Gasteiger partial charge in [0, 0.05) is 40.3 Å². The Kier molecular flexibility index (Phi) is 9.15. The van der Waals surface area contributed by atoms with Crippen LogP contribution in [0, 0.1) is 5.41 Å². The molecule has 1 saturated carbocycles. The molecule has 0 unspecified atom stereocenters. The van der Waals surface area contributed by atoms with E-state index < -0.39 is 0 Å². The molecule has 0 saturated heterocycles. The summed E-state index contributed by atoms with van der Waals surface area (Å²) in [6.07, 6.45) is 8.39. The van der Waals surface area contributed by atoms with Crippen molar-refractivity contribution < 1.29 is 9.47 Å². The number of benzene rings is 1. The van der Waals surface area contributed by atoms with Crippen LogP contribution in [0.5, 0.6) is 5.75 Å². The van der Waals surface area contributed by atoms with Crippen LogP contribution in [0.1, 0.15) is 43.2 Å². The molecule has 0 radical (unpaired) electrons. The third kappa shape index (κ3) is 6.24. The average molecular weight is 487 g/mol. The number of rotatable bonds is 8. The van der Waals surface area contributed by atoms with Crippen molar-refractivity contribution in [2.75, 3.05) is 40.5 Å². The van der Waals surface area contributed by atoms with Gasteiger partial charge in [-0.1, -0.05) is 25.0 Å². The van der Waals surface area contributed by atoms with Crippen LogP contribution in [0.25, 0.3) is 0 Å². The highest BCUT2D eigenvalue weighted by atomic mass is 127. The van der Waals surface area contributed by atoms with Gasteiger partial charge in [0.05, 0.1) is 6.61 Å². The fourth-order valence-corrected chi connectivity index (χ4v) is 4.17. The SMILES string of the molecule is CN=C(NCCc1ccc2c(c1)CCO2)NCC1(CCOC)CCCC1.I. The first-order valence-electron chi connectivity index (χ1n) is 9.93. The zero-order valence-electron chi connectivity index (χ0n) is 16.7. The van der Waals surface area contributed by atoms with Gasteiger partial charge >= 0.3 is 0 Å². The van der Waals surface area contributed by atoms with Crippen molar-refractivity contribution in [2.24, 2.45) is 10.4 Å². The Hall–Kier alpha value is -1.02. The third-order valence-corrected chi connectivity index (χ3v) is 5.82. The molecule has 2 N–H and O–H groups in total. The summed E-state index contributed by atoms with van der Waals surface area (Å²) in [6, 6.07) is 6.54. The number of methoxy groups -OCH3 is 1. The van der Waals surface area contributed by atoms with Crippen molar-refractivity contribution in [3.05, 3.63) is 29.3 Å². The van der Waals surface area contributed by atoms with Crippen molar-refractivity contribution >= 4 is 29.9 Å². The average Bonchev–Trinajstić information content (AvgIpc) is 3.32. The van der Waals surface area contributed by atoms with E-state index in [1.807, 2.05) is 7.05 Å². The molecule has 0 amide bonds. The number of nitrogens with zero attached hydrogens (tertiary/aromatic N) is 1. The lowest BCUT2D eigenvalue weighted by Crippen LogP contribution is -2.43. The molecule has 2 aliphatic rings. The molecule has 3 rings (SSSR count). The quantitative estimate of drug-likeness (QED) is 0.335. The monoisotopic (exact) mass is 487 g/mol. The maximum atomic E-state index is 5.58. The maximum Gasteiger partial charge on any atom is 0.191 e. The molecular formula is C21H34IN3O2. The standard InChI is InChI=1S/C21H33N3O2.HI/c1-22-20(24-16-21(11-14-25-2)9-3-4-10-21)23-12-7-17-5-6-19-18(15-17)8-13-26-19;/h5-6,15H,3-4,7-14,16H2,1-2H3,(H2,22,23,24);1H. The highest BCUT2D eigenvalue weighted by Crippen LogP contribution is 2.40. The second-order valence-electron chi connectivity index (χ2n) is 7.59. The lowest BCUT2D eigenvalue weighted by Gasteiger charge is -2.30. The van der Waals surface area contributed by atoms with E-state index in [1.165, 1.54) is 36.8 Å². The zero-order chi connectivity index (χ0) is 18.2. The number of fused-ring (bicyclic) bond motifs is 1. The summed E-state index contributed by atoms with van der Waals surface area (Å²) in [6.45, 7) is 3.52. The Balaban J connectivity index is 0.00000261.